The van der Waals surface area contributed by atoms with Crippen LogP contribution in [-0.4, -0.2) is 32.4 Å². The Balaban J connectivity index is 2.03. The van der Waals surface area contributed by atoms with Gasteiger partial charge in [-0.05, 0) is 43.9 Å². The number of benzene rings is 1. The molecule has 1 aliphatic rings. The Bertz CT molecular complexity index is 408. The second-order valence-electron chi connectivity index (χ2n) is 5.58. The molecule has 3 nitrogen and oxygen atoms in total. The van der Waals surface area contributed by atoms with Gasteiger partial charge in [-0.2, -0.15) is 0 Å². The summed E-state index contributed by atoms with van der Waals surface area (Å²) in [5, 5.41) is 3.57. The first-order valence-corrected chi connectivity index (χ1v) is 7.70. The van der Waals surface area contributed by atoms with E-state index in [1.54, 1.807) is 7.11 Å². The van der Waals surface area contributed by atoms with Gasteiger partial charge in [0.1, 0.15) is 0 Å². The van der Waals surface area contributed by atoms with Gasteiger partial charge >= 0.3 is 0 Å². The zero-order valence-electron chi connectivity index (χ0n) is 12.9. The minimum atomic E-state index is 0.216. The average Bonchev–Trinajstić information content (AvgIpc) is 2.47. The minimum Gasteiger partial charge on any atom is -0.382 e. The van der Waals surface area contributed by atoms with Gasteiger partial charge in [0.25, 0.3) is 0 Å². The molecule has 2 rings (SSSR count). The number of fused-ring (bicyclic) bond motifs is 1. The molecule has 0 saturated carbocycles. The molecule has 3 unspecified atom stereocenters. The maximum Gasteiger partial charge on any atom is 0.0842 e. The Kier molecular flexibility index (Phi) is 6.02. The summed E-state index contributed by atoms with van der Waals surface area (Å²) in [6.45, 7) is 6.09. The lowest BCUT2D eigenvalue weighted by Gasteiger charge is -2.30. The molecular weight excluding hydrogens is 250 g/mol. The first kappa shape index (κ1) is 15.5. The summed E-state index contributed by atoms with van der Waals surface area (Å²) in [6.07, 6.45) is 3.56. The molecular formula is C17H27NO2. The largest absolute Gasteiger partial charge is 0.382 e. The zero-order chi connectivity index (χ0) is 14.4. The van der Waals surface area contributed by atoms with E-state index < -0.39 is 0 Å². The fourth-order valence-electron chi connectivity index (χ4n) is 2.98. The third-order valence-electron chi connectivity index (χ3n) is 4.10. The highest BCUT2D eigenvalue weighted by molar-refractivity contribution is 5.31. The van der Waals surface area contributed by atoms with Crippen LogP contribution in [0, 0.1) is 0 Å². The van der Waals surface area contributed by atoms with Gasteiger partial charge in [-0.3, -0.25) is 0 Å². The second kappa shape index (κ2) is 7.77. The van der Waals surface area contributed by atoms with Crippen LogP contribution in [0.15, 0.2) is 24.3 Å². The highest BCUT2D eigenvalue weighted by atomic mass is 16.5. The summed E-state index contributed by atoms with van der Waals surface area (Å²) < 4.78 is 11.4. The number of ether oxygens (including phenoxy) is 2. The van der Waals surface area contributed by atoms with Gasteiger partial charge in [-0.1, -0.05) is 31.2 Å². The van der Waals surface area contributed by atoms with E-state index in [-0.39, 0.29) is 12.2 Å². The average molecular weight is 277 g/mol. The topological polar surface area (TPSA) is 30.5 Å². The van der Waals surface area contributed by atoms with Gasteiger partial charge in [0.05, 0.1) is 18.8 Å². The van der Waals surface area contributed by atoms with Gasteiger partial charge in [0, 0.05) is 13.2 Å². The van der Waals surface area contributed by atoms with Crippen molar-refractivity contribution in [3.05, 3.63) is 35.4 Å². The molecule has 0 fully saturated rings. The molecule has 1 aliphatic heterocycles. The van der Waals surface area contributed by atoms with E-state index in [1.807, 2.05) is 0 Å². The lowest BCUT2D eigenvalue weighted by Crippen LogP contribution is -2.35. The van der Waals surface area contributed by atoms with Crippen LogP contribution in [0.4, 0.5) is 0 Å². The Morgan fingerprint density at radius 2 is 2.20 bits per heavy atom. The van der Waals surface area contributed by atoms with E-state index in [0.29, 0.717) is 6.04 Å². The molecule has 112 valence electrons. The molecule has 0 aromatic heterocycles. The summed E-state index contributed by atoms with van der Waals surface area (Å²) >= 11 is 0. The molecule has 1 aromatic carbocycles. The molecule has 0 bridgehead atoms. The molecule has 1 heterocycles. The normalized spacial score (nSPS) is 21.2. The third kappa shape index (κ3) is 4.05. The van der Waals surface area contributed by atoms with Crippen LogP contribution in [0.2, 0.25) is 0 Å². The highest BCUT2D eigenvalue weighted by Crippen LogP contribution is 2.31. The van der Waals surface area contributed by atoms with Gasteiger partial charge in [-0.15, -0.1) is 0 Å². The van der Waals surface area contributed by atoms with Gasteiger partial charge in [0.15, 0.2) is 0 Å². The third-order valence-corrected chi connectivity index (χ3v) is 4.10. The van der Waals surface area contributed by atoms with Crippen molar-refractivity contribution in [1.82, 2.24) is 5.32 Å². The molecule has 0 radical (unpaired) electrons. The number of methoxy groups -OCH3 is 1. The van der Waals surface area contributed by atoms with Crippen molar-refractivity contribution < 1.29 is 9.47 Å². The first-order chi connectivity index (χ1) is 9.74. The van der Waals surface area contributed by atoms with Crippen LogP contribution in [0.1, 0.15) is 43.9 Å². The smallest absolute Gasteiger partial charge is 0.0842 e. The van der Waals surface area contributed by atoms with Crippen molar-refractivity contribution in [2.24, 2.45) is 0 Å². The Labute approximate surface area is 122 Å². The van der Waals surface area contributed by atoms with Crippen LogP contribution in [0.3, 0.4) is 0 Å². The quantitative estimate of drug-likeness (QED) is 0.831. The Morgan fingerprint density at radius 3 is 2.95 bits per heavy atom. The lowest BCUT2D eigenvalue weighted by atomic mass is 9.92. The number of hydrogen-bond donors (Lipinski definition) is 1. The SMILES string of the molecule is CCNC(CC(C)OC)CC1OCCc2ccccc21. The summed E-state index contributed by atoms with van der Waals surface area (Å²) in [5.74, 6) is 0. The van der Waals surface area contributed by atoms with Crippen molar-refractivity contribution in [2.45, 2.75) is 51.4 Å². The molecule has 0 spiro atoms. The van der Waals surface area contributed by atoms with Crippen molar-refractivity contribution >= 4 is 0 Å². The van der Waals surface area contributed by atoms with Gasteiger partial charge < -0.3 is 14.8 Å². The van der Waals surface area contributed by atoms with Gasteiger partial charge in [-0.25, -0.2) is 0 Å². The molecule has 3 atom stereocenters. The maximum atomic E-state index is 6.02. The molecule has 1 N–H and O–H groups in total. The first-order valence-electron chi connectivity index (χ1n) is 7.70. The van der Waals surface area contributed by atoms with Crippen LogP contribution in [0.25, 0.3) is 0 Å². The summed E-state index contributed by atoms with van der Waals surface area (Å²) in [5.41, 5.74) is 2.81. The molecule has 0 aliphatic carbocycles. The van der Waals surface area contributed by atoms with E-state index in [1.165, 1.54) is 11.1 Å². The Morgan fingerprint density at radius 1 is 1.40 bits per heavy atom. The van der Waals surface area contributed by atoms with Crippen LogP contribution in [-0.2, 0) is 15.9 Å². The Hall–Kier alpha value is -0.900. The van der Waals surface area contributed by atoms with Crippen molar-refractivity contribution in [2.75, 3.05) is 20.3 Å². The molecule has 0 saturated heterocycles. The lowest BCUT2D eigenvalue weighted by molar-refractivity contribution is 0.0224. The predicted molar refractivity (Wildman–Crippen MR) is 82.0 cm³/mol. The minimum absolute atomic E-state index is 0.216. The predicted octanol–water partition coefficient (Wildman–Crippen LogP) is 3.09. The number of nitrogens with one attached hydrogen (secondary N) is 1. The standard InChI is InChI=1S/C17H27NO2/c1-4-18-15(11-13(2)19-3)12-17-16-8-6-5-7-14(16)9-10-20-17/h5-8,13,15,17-18H,4,9-12H2,1-3H3. The van der Waals surface area contributed by atoms with Crippen LogP contribution in [0.5, 0.6) is 0 Å². The van der Waals surface area contributed by atoms with Crippen molar-refractivity contribution in [3.63, 3.8) is 0 Å². The maximum absolute atomic E-state index is 6.02. The van der Waals surface area contributed by atoms with Gasteiger partial charge in [0.2, 0.25) is 0 Å². The second-order valence-corrected chi connectivity index (χ2v) is 5.58. The van der Waals surface area contributed by atoms with Crippen molar-refractivity contribution in [1.29, 1.82) is 0 Å². The van der Waals surface area contributed by atoms with Crippen LogP contribution < -0.4 is 5.32 Å². The fourth-order valence-corrected chi connectivity index (χ4v) is 2.98. The van der Waals surface area contributed by atoms with E-state index in [4.69, 9.17) is 9.47 Å². The monoisotopic (exact) mass is 277 g/mol. The molecule has 0 amide bonds. The number of hydrogen-bond acceptors (Lipinski definition) is 3. The van der Waals surface area contributed by atoms with Crippen LogP contribution >= 0.6 is 0 Å². The molecule has 1 aromatic rings. The fraction of sp³-hybridized carbons (Fsp3) is 0.647. The zero-order valence-corrected chi connectivity index (χ0v) is 12.9. The van der Waals surface area contributed by atoms with E-state index in [0.717, 1.165) is 32.4 Å². The summed E-state index contributed by atoms with van der Waals surface area (Å²) in [4.78, 5) is 0. The van der Waals surface area contributed by atoms with Crippen molar-refractivity contribution in [3.8, 4) is 0 Å². The van der Waals surface area contributed by atoms with E-state index in [2.05, 4.69) is 43.4 Å². The molecule has 20 heavy (non-hydrogen) atoms. The van der Waals surface area contributed by atoms with E-state index in [9.17, 15) is 0 Å². The highest BCUT2D eigenvalue weighted by Gasteiger charge is 2.24. The number of rotatable bonds is 7. The molecule has 3 heteroatoms. The summed E-state index contributed by atoms with van der Waals surface area (Å²) in [7, 11) is 1.78. The summed E-state index contributed by atoms with van der Waals surface area (Å²) in [6, 6.07) is 9.11. The van der Waals surface area contributed by atoms with E-state index >= 15 is 0 Å².